The molecule has 0 aromatic heterocycles. The Morgan fingerprint density at radius 2 is 1.26 bits per heavy atom. The molecule has 2 aromatic carbocycles. The van der Waals surface area contributed by atoms with Crippen LogP contribution in [0.25, 0.3) is 0 Å². The van der Waals surface area contributed by atoms with Gasteiger partial charge in [-0.05, 0) is 41.7 Å². The SMILES string of the molecule is CC.CC.CC.Cc1ccc(C(C)(C)C)c(NS(=O)(=O)c2ccccc2)c1. The molecule has 0 unspecified atom stereocenters. The highest BCUT2D eigenvalue weighted by Gasteiger charge is 2.21. The van der Waals surface area contributed by atoms with Gasteiger partial charge in [0.05, 0.1) is 10.6 Å². The maximum Gasteiger partial charge on any atom is 0.261 e. The summed E-state index contributed by atoms with van der Waals surface area (Å²) in [5.74, 6) is 0. The van der Waals surface area contributed by atoms with Gasteiger partial charge >= 0.3 is 0 Å². The monoisotopic (exact) mass is 393 g/mol. The topological polar surface area (TPSA) is 46.2 Å². The van der Waals surface area contributed by atoms with Crippen LogP contribution in [-0.2, 0) is 15.4 Å². The summed E-state index contributed by atoms with van der Waals surface area (Å²) in [4.78, 5) is 0.270. The van der Waals surface area contributed by atoms with Crippen LogP contribution in [0, 0.1) is 6.92 Å². The number of anilines is 1. The second kappa shape index (κ2) is 13.4. The van der Waals surface area contributed by atoms with Gasteiger partial charge in [0.2, 0.25) is 0 Å². The molecule has 0 fully saturated rings. The second-order valence-electron chi connectivity index (χ2n) is 6.22. The van der Waals surface area contributed by atoms with E-state index in [4.69, 9.17) is 0 Å². The molecule has 0 saturated carbocycles. The number of benzene rings is 2. The standard InChI is InChI=1S/C17H21NO2S.3C2H6/c1-13-10-11-15(17(2,3)4)16(12-13)18-21(19,20)14-8-6-5-7-9-14;3*1-2/h5-12,18H,1-4H3;3*1-2H3. The van der Waals surface area contributed by atoms with E-state index in [-0.39, 0.29) is 10.3 Å². The van der Waals surface area contributed by atoms with Crippen LogP contribution in [0.2, 0.25) is 0 Å². The van der Waals surface area contributed by atoms with Crippen molar-refractivity contribution in [3.63, 3.8) is 0 Å². The first-order valence-corrected chi connectivity index (χ1v) is 11.4. The summed E-state index contributed by atoms with van der Waals surface area (Å²) in [5, 5.41) is 0. The van der Waals surface area contributed by atoms with E-state index in [0.717, 1.165) is 11.1 Å². The Morgan fingerprint density at radius 1 is 0.778 bits per heavy atom. The molecule has 0 spiro atoms. The van der Waals surface area contributed by atoms with E-state index in [1.807, 2.05) is 66.7 Å². The van der Waals surface area contributed by atoms with E-state index in [0.29, 0.717) is 5.69 Å². The van der Waals surface area contributed by atoms with Crippen LogP contribution in [-0.4, -0.2) is 8.42 Å². The summed E-state index contributed by atoms with van der Waals surface area (Å²) in [6, 6.07) is 14.3. The molecule has 154 valence electrons. The maximum atomic E-state index is 12.5. The third-order valence-electron chi connectivity index (χ3n) is 3.28. The minimum atomic E-state index is -3.56. The van der Waals surface area contributed by atoms with Crippen LogP contribution in [0.1, 0.15) is 73.4 Å². The summed E-state index contributed by atoms with van der Waals surface area (Å²) in [6.45, 7) is 20.2. The molecule has 1 N–H and O–H groups in total. The number of sulfonamides is 1. The summed E-state index contributed by atoms with van der Waals surface area (Å²) in [6.07, 6.45) is 0. The van der Waals surface area contributed by atoms with Gasteiger partial charge in [-0.15, -0.1) is 0 Å². The Bertz CT molecular complexity index is 731. The summed E-state index contributed by atoms with van der Waals surface area (Å²) < 4.78 is 27.7. The zero-order valence-electron chi connectivity index (χ0n) is 18.8. The first-order valence-electron chi connectivity index (χ1n) is 9.89. The Kier molecular flexibility index (Phi) is 13.6. The smallest absolute Gasteiger partial charge is 0.261 e. The molecule has 0 radical (unpaired) electrons. The molecule has 0 aliphatic heterocycles. The van der Waals surface area contributed by atoms with Crippen molar-refractivity contribution in [2.24, 2.45) is 0 Å². The summed E-state index contributed by atoms with van der Waals surface area (Å²) >= 11 is 0. The van der Waals surface area contributed by atoms with Crippen molar-refractivity contribution < 1.29 is 8.42 Å². The normalized spacial score (nSPS) is 10.1. The Labute approximate surface area is 168 Å². The minimum Gasteiger partial charge on any atom is -0.279 e. The van der Waals surface area contributed by atoms with Gasteiger partial charge in [-0.3, -0.25) is 4.72 Å². The third kappa shape index (κ3) is 9.09. The number of hydrogen-bond acceptors (Lipinski definition) is 2. The average Bonchev–Trinajstić information content (AvgIpc) is 2.66. The van der Waals surface area contributed by atoms with E-state index in [1.54, 1.807) is 30.3 Å². The van der Waals surface area contributed by atoms with Crippen LogP contribution in [0.3, 0.4) is 0 Å². The highest BCUT2D eigenvalue weighted by atomic mass is 32.2. The first kappa shape index (κ1) is 27.4. The molecule has 2 aromatic rings. The predicted octanol–water partition coefficient (Wildman–Crippen LogP) is 7.17. The van der Waals surface area contributed by atoms with Crippen molar-refractivity contribution in [3.05, 3.63) is 59.7 Å². The van der Waals surface area contributed by atoms with E-state index in [9.17, 15) is 8.42 Å². The van der Waals surface area contributed by atoms with Gasteiger partial charge in [-0.25, -0.2) is 8.42 Å². The van der Waals surface area contributed by atoms with Crippen LogP contribution in [0.5, 0.6) is 0 Å². The number of rotatable bonds is 3. The lowest BCUT2D eigenvalue weighted by Crippen LogP contribution is -2.19. The molecule has 0 bridgehead atoms. The zero-order valence-corrected chi connectivity index (χ0v) is 19.7. The molecule has 0 aliphatic carbocycles. The van der Waals surface area contributed by atoms with Gasteiger partial charge in [0.25, 0.3) is 10.0 Å². The van der Waals surface area contributed by atoms with Gasteiger partial charge in [-0.1, -0.05) is 92.6 Å². The lowest BCUT2D eigenvalue weighted by molar-refractivity contribution is 0.590. The molecular weight excluding hydrogens is 354 g/mol. The van der Waals surface area contributed by atoms with E-state index in [2.05, 4.69) is 25.5 Å². The lowest BCUT2D eigenvalue weighted by atomic mass is 9.85. The molecule has 4 heteroatoms. The second-order valence-corrected chi connectivity index (χ2v) is 7.90. The number of nitrogens with one attached hydrogen (secondary N) is 1. The summed E-state index contributed by atoms with van der Waals surface area (Å²) in [5.41, 5.74) is 2.51. The molecule has 0 amide bonds. The minimum absolute atomic E-state index is 0.137. The molecular formula is C23H39NO2S. The molecule has 27 heavy (non-hydrogen) atoms. The van der Waals surface area contributed by atoms with Crippen molar-refractivity contribution in [1.29, 1.82) is 0 Å². The Hall–Kier alpha value is -1.81. The van der Waals surface area contributed by atoms with E-state index >= 15 is 0 Å². The van der Waals surface area contributed by atoms with Crippen molar-refractivity contribution in [1.82, 2.24) is 0 Å². The van der Waals surface area contributed by atoms with Crippen molar-refractivity contribution in [3.8, 4) is 0 Å². The molecule has 0 saturated heterocycles. The van der Waals surface area contributed by atoms with Gasteiger partial charge in [0, 0.05) is 0 Å². The van der Waals surface area contributed by atoms with Gasteiger partial charge < -0.3 is 0 Å². The van der Waals surface area contributed by atoms with Crippen LogP contribution in [0.4, 0.5) is 5.69 Å². The Morgan fingerprint density at radius 3 is 1.70 bits per heavy atom. The average molecular weight is 394 g/mol. The van der Waals surface area contributed by atoms with Gasteiger partial charge in [0.1, 0.15) is 0 Å². The Balaban J connectivity index is 0. The first-order chi connectivity index (χ1) is 12.7. The molecule has 3 nitrogen and oxygen atoms in total. The van der Waals surface area contributed by atoms with Crippen molar-refractivity contribution >= 4 is 15.7 Å². The molecule has 0 aliphatic rings. The van der Waals surface area contributed by atoms with Crippen LogP contribution >= 0.6 is 0 Å². The fourth-order valence-electron chi connectivity index (χ4n) is 2.20. The lowest BCUT2D eigenvalue weighted by Gasteiger charge is -2.24. The van der Waals surface area contributed by atoms with Crippen molar-refractivity contribution in [2.75, 3.05) is 4.72 Å². The highest BCUT2D eigenvalue weighted by Crippen LogP contribution is 2.31. The van der Waals surface area contributed by atoms with Crippen LogP contribution in [0.15, 0.2) is 53.4 Å². The highest BCUT2D eigenvalue weighted by molar-refractivity contribution is 7.92. The molecule has 2 rings (SSSR count). The predicted molar refractivity (Wildman–Crippen MR) is 121 cm³/mol. The summed E-state index contributed by atoms with van der Waals surface area (Å²) in [7, 11) is -3.56. The molecule has 0 atom stereocenters. The fraction of sp³-hybridized carbons (Fsp3) is 0.478. The third-order valence-corrected chi connectivity index (χ3v) is 4.66. The quantitative estimate of drug-likeness (QED) is 0.600. The van der Waals surface area contributed by atoms with E-state index in [1.165, 1.54) is 0 Å². The number of hydrogen-bond donors (Lipinski definition) is 1. The maximum absolute atomic E-state index is 12.5. The van der Waals surface area contributed by atoms with E-state index < -0.39 is 10.0 Å². The van der Waals surface area contributed by atoms with Crippen molar-refractivity contribution in [2.45, 2.75) is 79.5 Å². The largest absolute Gasteiger partial charge is 0.279 e. The molecule has 0 heterocycles. The number of aryl methyl sites for hydroxylation is 1. The van der Waals surface area contributed by atoms with Crippen LogP contribution < -0.4 is 4.72 Å². The fourth-order valence-corrected chi connectivity index (χ4v) is 3.29. The van der Waals surface area contributed by atoms with Gasteiger partial charge in [-0.2, -0.15) is 0 Å². The zero-order chi connectivity index (χ0) is 21.7. The van der Waals surface area contributed by atoms with Gasteiger partial charge in [0.15, 0.2) is 0 Å².